The molecule has 0 unspecified atom stereocenters. The lowest BCUT2D eigenvalue weighted by Gasteiger charge is -2.12. The standard InChI is InChI=1S/C34H26O8/c1-19-24-13-11-23(18-28(24)42-33(35)30(19)21-10-14-27(38-3)29(16-21)39-4)40-34(36)31-25-17-22(37-2)12-15-26(25)41-32(31)20-8-6-5-7-9-20/h5-18H,1-4H3. The van der Waals surface area contributed by atoms with Crippen molar-refractivity contribution >= 4 is 27.9 Å². The van der Waals surface area contributed by atoms with Gasteiger partial charge in [-0.1, -0.05) is 36.4 Å². The zero-order chi connectivity index (χ0) is 29.4. The fraction of sp³-hybridized carbons (Fsp3) is 0.118. The Morgan fingerprint density at radius 1 is 0.667 bits per heavy atom. The van der Waals surface area contributed by atoms with Crippen LogP contribution in [0.25, 0.3) is 44.4 Å². The number of methoxy groups -OCH3 is 3. The van der Waals surface area contributed by atoms with Gasteiger partial charge in [0.05, 0.1) is 26.9 Å². The van der Waals surface area contributed by atoms with Crippen molar-refractivity contribution in [3.8, 4) is 45.4 Å². The number of carbonyl (C=O) groups excluding carboxylic acids is 1. The van der Waals surface area contributed by atoms with Gasteiger partial charge in [-0.2, -0.15) is 0 Å². The molecule has 0 atom stereocenters. The predicted octanol–water partition coefficient (Wildman–Crippen LogP) is 7.43. The second-order valence-corrected chi connectivity index (χ2v) is 9.54. The first-order valence-electron chi connectivity index (χ1n) is 13.1. The van der Waals surface area contributed by atoms with Gasteiger partial charge >= 0.3 is 11.6 Å². The van der Waals surface area contributed by atoms with Crippen LogP contribution in [0.5, 0.6) is 23.0 Å². The summed E-state index contributed by atoms with van der Waals surface area (Å²) in [5.74, 6) is 1.59. The summed E-state index contributed by atoms with van der Waals surface area (Å²) < 4.78 is 33.7. The van der Waals surface area contributed by atoms with E-state index in [4.69, 9.17) is 27.8 Å². The molecule has 0 bridgehead atoms. The minimum atomic E-state index is -0.624. The molecule has 8 nitrogen and oxygen atoms in total. The summed E-state index contributed by atoms with van der Waals surface area (Å²) in [5.41, 5.74) is 3.00. The van der Waals surface area contributed by atoms with Crippen molar-refractivity contribution in [2.75, 3.05) is 21.3 Å². The summed E-state index contributed by atoms with van der Waals surface area (Å²) in [6.07, 6.45) is 0. The maximum Gasteiger partial charge on any atom is 0.348 e. The van der Waals surface area contributed by atoms with E-state index in [1.807, 2.05) is 37.3 Å². The summed E-state index contributed by atoms with van der Waals surface area (Å²) in [6.45, 7) is 1.84. The van der Waals surface area contributed by atoms with E-state index in [1.165, 1.54) is 13.2 Å². The Balaban J connectivity index is 1.40. The molecule has 210 valence electrons. The molecule has 0 radical (unpaired) electrons. The zero-order valence-corrected chi connectivity index (χ0v) is 23.3. The van der Waals surface area contributed by atoms with Gasteiger partial charge in [-0.3, -0.25) is 0 Å². The Hall–Kier alpha value is -5.50. The fourth-order valence-electron chi connectivity index (χ4n) is 5.08. The summed E-state index contributed by atoms with van der Waals surface area (Å²) in [7, 11) is 4.64. The van der Waals surface area contributed by atoms with E-state index in [-0.39, 0.29) is 16.9 Å². The lowest BCUT2D eigenvalue weighted by atomic mass is 9.99. The number of benzene rings is 4. The smallest absolute Gasteiger partial charge is 0.348 e. The van der Waals surface area contributed by atoms with Crippen molar-refractivity contribution in [3.63, 3.8) is 0 Å². The van der Waals surface area contributed by atoms with E-state index in [0.717, 1.165) is 5.56 Å². The zero-order valence-electron chi connectivity index (χ0n) is 23.3. The number of ether oxygens (including phenoxy) is 4. The molecule has 4 aromatic carbocycles. The molecule has 0 spiro atoms. The van der Waals surface area contributed by atoms with Crippen molar-refractivity contribution in [1.29, 1.82) is 0 Å². The van der Waals surface area contributed by atoms with Gasteiger partial charge in [0, 0.05) is 22.4 Å². The van der Waals surface area contributed by atoms with Crippen LogP contribution in [0.4, 0.5) is 0 Å². The molecule has 0 amide bonds. The molecule has 42 heavy (non-hydrogen) atoms. The van der Waals surface area contributed by atoms with E-state index in [9.17, 15) is 9.59 Å². The highest BCUT2D eigenvalue weighted by Crippen LogP contribution is 2.37. The van der Waals surface area contributed by atoms with Gasteiger partial charge in [0.2, 0.25) is 0 Å². The molecule has 0 N–H and O–H groups in total. The van der Waals surface area contributed by atoms with Gasteiger partial charge in [0.15, 0.2) is 11.5 Å². The number of fused-ring (bicyclic) bond motifs is 2. The molecule has 0 aliphatic heterocycles. The number of carbonyl (C=O) groups is 1. The molecule has 0 aliphatic carbocycles. The molecule has 8 heteroatoms. The van der Waals surface area contributed by atoms with Gasteiger partial charge in [0.1, 0.15) is 34.0 Å². The first kappa shape index (κ1) is 26.7. The van der Waals surface area contributed by atoms with E-state index in [1.54, 1.807) is 62.8 Å². The number of rotatable bonds is 7. The largest absolute Gasteiger partial charge is 0.497 e. The highest BCUT2D eigenvalue weighted by atomic mass is 16.5. The molecule has 6 rings (SSSR count). The monoisotopic (exact) mass is 562 g/mol. The maximum atomic E-state index is 13.7. The van der Waals surface area contributed by atoms with Crippen LogP contribution in [0.15, 0.2) is 98.6 Å². The number of aryl methyl sites for hydroxylation is 1. The highest BCUT2D eigenvalue weighted by Gasteiger charge is 2.25. The number of hydrogen-bond donors (Lipinski definition) is 0. The Morgan fingerprint density at radius 2 is 1.43 bits per heavy atom. The van der Waals surface area contributed by atoms with Crippen molar-refractivity contribution in [3.05, 3.63) is 106 Å². The van der Waals surface area contributed by atoms with Gasteiger partial charge < -0.3 is 27.8 Å². The number of esters is 1. The van der Waals surface area contributed by atoms with Crippen LogP contribution >= 0.6 is 0 Å². The van der Waals surface area contributed by atoms with Gasteiger partial charge in [-0.05, 0) is 60.5 Å². The van der Waals surface area contributed by atoms with Gasteiger partial charge in [-0.15, -0.1) is 0 Å². The molecule has 0 aliphatic rings. The number of furan rings is 1. The molecular formula is C34H26O8. The molecule has 6 aromatic rings. The van der Waals surface area contributed by atoms with Crippen LogP contribution in [0.2, 0.25) is 0 Å². The molecule has 0 saturated carbocycles. The lowest BCUT2D eigenvalue weighted by molar-refractivity contribution is 0.0737. The Kier molecular flexibility index (Phi) is 6.88. The van der Waals surface area contributed by atoms with Crippen molar-refractivity contribution < 1.29 is 32.6 Å². The quantitative estimate of drug-likeness (QED) is 0.113. The molecule has 2 aromatic heterocycles. The minimum absolute atomic E-state index is 0.213. The summed E-state index contributed by atoms with van der Waals surface area (Å²) in [5, 5.41) is 1.25. The second kappa shape index (κ2) is 10.8. The van der Waals surface area contributed by atoms with Crippen LogP contribution in [0.3, 0.4) is 0 Å². The van der Waals surface area contributed by atoms with E-state index in [2.05, 4.69) is 0 Å². The van der Waals surface area contributed by atoms with Crippen LogP contribution in [0.1, 0.15) is 15.9 Å². The first-order valence-corrected chi connectivity index (χ1v) is 13.1. The van der Waals surface area contributed by atoms with Crippen LogP contribution in [-0.4, -0.2) is 27.3 Å². The minimum Gasteiger partial charge on any atom is -0.497 e. The third kappa shape index (κ3) is 4.62. The van der Waals surface area contributed by atoms with Crippen LogP contribution < -0.4 is 24.6 Å². The third-order valence-electron chi connectivity index (χ3n) is 7.16. The third-order valence-corrected chi connectivity index (χ3v) is 7.16. The summed E-state index contributed by atoms with van der Waals surface area (Å²) in [4.78, 5) is 26.8. The predicted molar refractivity (Wildman–Crippen MR) is 159 cm³/mol. The molecule has 2 heterocycles. The second-order valence-electron chi connectivity index (χ2n) is 9.54. The summed E-state index contributed by atoms with van der Waals surface area (Å²) >= 11 is 0. The number of hydrogen-bond acceptors (Lipinski definition) is 8. The maximum absolute atomic E-state index is 13.7. The van der Waals surface area contributed by atoms with Crippen LogP contribution in [-0.2, 0) is 0 Å². The molecular weight excluding hydrogens is 536 g/mol. The Bertz CT molecular complexity index is 2020. The van der Waals surface area contributed by atoms with E-state index < -0.39 is 11.6 Å². The lowest BCUT2D eigenvalue weighted by Crippen LogP contribution is -2.10. The summed E-state index contributed by atoms with van der Waals surface area (Å²) in [6, 6.07) is 24.8. The first-order chi connectivity index (χ1) is 20.4. The SMILES string of the molecule is COc1ccc2oc(-c3ccccc3)c(C(=O)Oc3ccc4c(C)c(-c5ccc(OC)c(OC)c5)c(=O)oc4c3)c2c1. The average molecular weight is 563 g/mol. The molecule has 0 fully saturated rings. The topological polar surface area (TPSA) is 97.3 Å². The fourth-order valence-corrected chi connectivity index (χ4v) is 5.08. The van der Waals surface area contributed by atoms with Gasteiger partial charge in [0.25, 0.3) is 0 Å². The van der Waals surface area contributed by atoms with Crippen molar-refractivity contribution in [2.24, 2.45) is 0 Å². The Morgan fingerprint density at radius 3 is 2.17 bits per heavy atom. The van der Waals surface area contributed by atoms with Crippen molar-refractivity contribution in [2.45, 2.75) is 6.92 Å². The van der Waals surface area contributed by atoms with Gasteiger partial charge in [-0.25, -0.2) is 9.59 Å². The normalized spacial score (nSPS) is 11.0. The highest BCUT2D eigenvalue weighted by molar-refractivity contribution is 6.10. The van der Waals surface area contributed by atoms with Crippen molar-refractivity contribution in [1.82, 2.24) is 0 Å². The molecule has 0 saturated heterocycles. The Labute approximate surface area is 240 Å². The van der Waals surface area contributed by atoms with E-state index in [0.29, 0.717) is 56.1 Å². The van der Waals surface area contributed by atoms with E-state index >= 15 is 0 Å². The van der Waals surface area contributed by atoms with Crippen LogP contribution in [0, 0.1) is 6.92 Å². The average Bonchev–Trinajstić information content (AvgIpc) is 3.40.